The number of aromatic amines is 1. The molecule has 2 aromatic heterocycles. The zero-order valence-corrected chi connectivity index (χ0v) is 10.7. The fourth-order valence-corrected chi connectivity index (χ4v) is 2.55. The summed E-state index contributed by atoms with van der Waals surface area (Å²) in [7, 11) is 0. The third-order valence-electron chi connectivity index (χ3n) is 3.75. The Kier molecular flexibility index (Phi) is 3.08. The molecular formula is C12H14FN3O4. The normalized spacial score (nSPS) is 30.2. The summed E-state index contributed by atoms with van der Waals surface area (Å²) in [6.07, 6.45) is -0.119. The van der Waals surface area contributed by atoms with E-state index < -0.39 is 29.8 Å². The van der Waals surface area contributed by atoms with Gasteiger partial charge in [-0.3, -0.25) is 4.79 Å². The molecule has 8 heteroatoms. The Hall–Kier alpha value is -1.77. The zero-order valence-electron chi connectivity index (χ0n) is 10.7. The SMILES string of the molecule is C[C@H]1[C@@H](O)[C@H](n2cc(F)c3c(=O)[nH]cnc32)O[C@@H]1CO. The minimum atomic E-state index is -0.928. The Morgan fingerprint density at radius 2 is 2.35 bits per heavy atom. The Labute approximate surface area is 112 Å². The molecule has 7 nitrogen and oxygen atoms in total. The molecule has 0 saturated carbocycles. The molecule has 1 saturated heterocycles. The Morgan fingerprint density at radius 1 is 1.60 bits per heavy atom. The highest BCUT2D eigenvalue weighted by Crippen LogP contribution is 2.35. The van der Waals surface area contributed by atoms with Crippen molar-refractivity contribution in [2.45, 2.75) is 25.4 Å². The van der Waals surface area contributed by atoms with E-state index in [-0.39, 0.29) is 23.6 Å². The first kappa shape index (κ1) is 13.2. The molecule has 0 aromatic carbocycles. The molecule has 20 heavy (non-hydrogen) atoms. The highest BCUT2D eigenvalue weighted by Gasteiger charge is 2.42. The van der Waals surface area contributed by atoms with E-state index in [4.69, 9.17) is 4.74 Å². The monoisotopic (exact) mass is 283 g/mol. The minimum absolute atomic E-state index is 0.0982. The second kappa shape index (κ2) is 4.65. The number of aliphatic hydroxyl groups is 2. The van der Waals surface area contributed by atoms with Crippen LogP contribution in [0.4, 0.5) is 4.39 Å². The van der Waals surface area contributed by atoms with Crippen molar-refractivity contribution in [2.24, 2.45) is 5.92 Å². The molecule has 3 N–H and O–H groups in total. The highest BCUT2D eigenvalue weighted by molar-refractivity contribution is 5.75. The van der Waals surface area contributed by atoms with E-state index >= 15 is 0 Å². The second-order valence-corrected chi connectivity index (χ2v) is 4.91. The van der Waals surface area contributed by atoms with Crippen molar-refractivity contribution in [2.75, 3.05) is 6.61 Å². The summed E-state index contributed by atoms with van der Waals surface area (Å²) < 4.78 is 20.7. The maximum Gasteiger partial charge on any atom is 0.263 e. The Balaban J connectivity index is 2.12. The average Bonchev–Trinajstić information content (AvgIpc) is 2.90. The molecule has 1 aliphatic heterocycles. The molecule has 1 aliphatic rings. The lowest BCUT2D eigenvalue weighted by Crippen LogP contribution is -2.25. The number of hydrogen-bond donors (Lipinski definition) is 3. The molecular weight excluding hydrogens is 269 g/mol. The second-order valence-electron chi connectivity index (χ2n) is 4.91. The number of fused-ring (bicyclic) bond motifs is 1. The number of aliphatic hydroxyl groups excluding tert-OH is 2. The van der Waals surface area contributed by atoms with Crippen LogP contribution >= 0.6 is 0 Å². The minimum Gasteiger partial charge on any atom is -0.394 e. The van der Waals surface area contributed by atoms with Crippen molar-refractivity contribution in [3.05, 3.63) is 28.7 Å². The molecule has 0 spiro atoms. The molecule has 2 aromatic rings. The molecule has 3 heterocycles. The number of rotatable bonds is 2. The van der Waals surface area contributed by atoms with Crippen LogP contribution in [-0.4, -0.2) is 43.6 Å². The lowest BCUT2D eigenvalue weighted by Gasteiger charge is -2.17. The predicted molar refractivity (Wildman–Crippen MR) is 66.5 cm³/mol. The van der Waals surface area contributed by atoms with Crippen LogP contribution in [0.25, 0.3) is 11.0 Å². The van der Waals surface area contributed by atoms with Crippen molar-refractivity contribution in [3.63, 3.8) is 0 Å². The molecule has 4 atom stereocenters. The first-order valence-electron chi connectivity index (χ1n) is 6.22. The van der Waals surface area contributed by atoms with E-state index in [0.717, 1.165) is 12.5 Å². The molecule has 0 aliphatic carbocycles. The van der Waals surface area contributed by atoms with Gasteiger partial charge >= 0.3 is 0 Å². The summed E-state index contributed by atoms with van der Waals surface area (Å²) in [6, 6.07) is 0. The van der Waals surface area contributed by atoms with Crippen LogP contribution < -0.4 is 5.56 Å². The lowest BCUT2D eigenvalue weighted by molar-refractivity contribution is -0.0491. The van der Waals surface area contributed by atoms with Crippen LogP contribution in [0.15, 0.2) is 17.3 Å². The molecule has 0 amide bonds. The third-order valence-corrected chi connectivity index (χ3v) is 3.75. The zero-order chi connectivity index (χ0) is 14.4. The topological polar surface area (TPSA) is 100 Å². The van der Waals surface area contributed by atoms with E-state index in [9.17, 15) is 19.4 Å². The number of nitrogens with one attached hydrogen (secondary N) is 1. The number of hydrogen-bond acceptors (Lipinski definition) is 5. The Morgan fingerprint density at radius 3 is 3.00 bits per heavy atom. The number of aromatic nitrogens is 3. The summed E-state index contributed by atoms with van der Waals surface area (Å²) in [5, 5.41) is 19.2. The van der Waals surface area contributed by atoms with Crippen LogP contribution in [-0.2, 0) is 4.74 Å². The summed E-state index contributed by atoms with van der Waals surface area (Å²) in [5.74, 6) is -1.04. The third kappa shape index (κ3) is 1.76. The van der Waals surface area contributed by atoms with Crippen LogP contribution in [0, 0.1) is 11.7 Å². The summed E-state index contributed by atoms with van der Waals surface area (Å²) >= 11 is 0. The largest absolute Gasteiger partial charge is 0.394 e. The number of halogens is 1. The number of ether oxygens (including phenoxy) is 1. The van der Waals surface area contributed by atoms with Gasteiger partial charge in [0.2, 0.25) is 0 Å². The van der Waals surface area contributed by atoms with Crippen LogP contribution in [0.1, 0.15) is 13.2 Å². The van der Waals surface area contributed by atoms with Gasteiger partial charge < -0.3 is 24.5 Å². The molecule has 1 fully saturated rings. The van der Waals surface area contributed by atoms with Gasteiger partial charge in [-0.1, -0.05) is 6.92 Å². The highest BCUT2D eigenvalue weighted by atomic mass is 19.1. The van der Waals surface area contributed by atoms with E-state index in [1.54, 1.807) is 6.92 Å². The molecule has 0 bridgehead atoms. The van der Waals surface area contributed by atoms with Crippen LogP contribution in [0.3, 0.4) is 0 Å². The molecule has 0 unspecified atom stereocenters. The van der Waals surface area contributed by atoms with Crippen LogP contribution in [0.2, 0.25) is 0 Å². The van der Waals surface area contributed by atoms with Crippen molar-refractivity contribution >= 4 is 11.0 Å². The first-order valence-corrected chi connectivity index (χ1v) is 6.22. The van der Waals surface area contributed by atoms with Gasteiger partial charge in [0.05, 0.1) is 19.0 Å². The summed E-state index contributed by atoms with van der Waals surface area (Å²) in [4.78, 5) is 17.8. The van der Waals surface area contributed by atoms with E-state index in [2.05, 4.69) is 9.97 Å². The summed E-state index contributed by atoms with van der Waals surface area (Å²) in [6.45, 7) is 1.48. The average molecular weight is 283 g/mol. The van der Waals surface area contributed by atoms with Gasteiger partial charge in [-0.25, -0.2) is 9.37 Å². The van der Waals surface area contributed by atoms with Gasteiger partial charge in [0, 0.05) is 12.1 Å². The van der Waals surface area contributed by atoms with Gasteiger partial charge in [0.1, 0.15) is 11.5 Å². The fraction of sp³-hybridized carbons (Fsp3) is 0.500. The maximum atomic E-state index is 13.9. The van der Waals surface area contributed by atoms with Gasteiger partial charge in [0.15, 0.2) is 17.7 Å². The van der Waals surface area contributed by atoms with Crippen LogP contribution in [0.5, 0.6) is 0 Å². The smallest absolute Gasteiger partial charge is 0.263 e. The van der Waals surface area contributed by atoms with E-state index in [0.29, 0.717) is 0 Å². The molecule has 108 valence electrons. The van der Waals surface area contributed by atoms with E-state index in [1.807, 2.05) is 0 Å². The molecule has 3 rings (SSSR count). The number of nitrogens with zero attached hydrogens (tertiary/aromatic N) is 2. The van der Waals surface area contributed by atoms with Gasteiger partial charge in [-0.2, -0.15) is 0 Å². The fourth-order valence-electron chi connectivity index (χ4n) is 2.55. The predicted octanol–water partition coefficient (Wildman–Crippen LogP) is -0.250. The summed E-state index contributed by atoms with van der Waals surface area (Å²) in [5.41, 5.74) is -0.494. The van der Waals surface area contributed by atoms with Crippen molar-refractivity contribution in [1.29, 1.82) is 0 Å². The number of H-pyrrole nitrogens is 1. The van der Waals surface area contributed by atoms with Crippen molar-refractivity contribution in [1.82, 2.24) is 14.5 Å². The Bertz CT molecular complexity index is 698. The van der Waals surface area contributed by atoms with Gasteiger partial charge in [-0.15, -0.1) is 0 Å². The first-order chi connectivity index (χ1) is 9.54. The standard InChI is InChI=1S/C12H14FN3O4/c1-5-7(3-17)20-12(9(5)18)16-2-6(13)8-10(16)14-4-15-11(8)19/h2,4-5,7,9,12,17-18H,3H2,1H3,(H,14,15,19)/t5-,7-,9-,12-/m1/s1. The lowest BCUT2D eigenvalue weighted by atomic mass is 10.0. The van der Waals surface area contributed by atoms with Crippen molar-refractivity contribution in [3.8, 4) is 0 Å². The van der Waals surface area contributed by atoms with Crippen molar-refractivity contribution < 1.29 is 19.3 Å². The maximum absolute atomic E-state index is 13.9. The van der Waals surface area contributed by atoms with E-state index in [1.165, 1.54) is 4.57 Å². The quantitative estimate of drug-likeness (QED) is 0.705. The molecule has 0 radical (unpaired) electrons. The van der Waals surface area contributed by atoms with Gasteiger partial charge in [-0.05, 0) is 0 Å². The van der Waals surface area contributed by atoms with Gasteiger partial charge in [0.25, 0.3) is 5.56 Å².